The highest BCUT2D eigenvalue weighted by Gasteiger charge is 2.30. The monoisotopic (exact) mass is 298 g/mol. The second kappa shape index (κ2) is 5.70. The maximum absolute atomic E-state index is 10.5. The number of hydrogen-bond donors (Lipinski definition) is 5. The van der Waals surface area contributed by atoms with Gasteiger partial charge in [-0.1, -0.05) is 0 Å². The number of carboxylic acids is 1. The summed E-state index contributed by atoms with van der Waals surface area (Å²) in [7, 11) is 0. The molecular weight excluding hydrogens is 290 g/mol. The Labute approximate surface area is 92.3 Å². The van der Waals surface area contributed by atoms with E-state index in [9.17, 15) is 13.9 Å². The van der Waals surface area contributed by atoms with Crippen molar-refractivity contribution in [1.29, 1.82) is 0 Å². The van der Waals surface area contributed by atoms with Gasteiger partial charge in [0.25, 0.3) is 0 Å². The van der Waals surface area contributed by atoms with E-state index in [1.54, 1.807) is 0 Å². The van der Waals surface area contributed by atoms with Crippen LogP contribution >= 0.6 is 36.4 Å². The van der Waals surface area contributed by atoms with Crippen LogP contribution in [0.25, 0.3) is 0 Å². The van der Waals surface area contributed by atoms with Gasteiger partial charge in [-0.3, -0.25) is 4.79 Å². The Bertz CT molecular complexity index is 318. The van der Waals surface area contributed by atoms with Crippen LogP contribution in [-0.4, -0.2) is 41.7 Å². The Balaban J connectivity index is 4.38. The maximum Gasteiger partial charge on any atom is 0.384 e. The molecule has 0 amide bonds. The normalized spacial score (nSPS) is 14.9. The van der Waals surface area contributed by atoms with Crippen molar-refractivity contribution in [2.45, 2.75) is 5.25 Å². The van der Waals surface area contributed by atoms with E-state index in [1.807, 2.05) is 0 Å². The second-order valence-corrected chi connectivity index (χ2v) is 9.80. The molecule has 0 bridgehead atoms. The molecule has 0 rings (SSSR count). The third-order valence-corrected chi connectivity index (χ3v) is 5.90. The molecule has 0 aromatic heterocycles. The Morgan fingerprint density at radius 3 is 1.87 bits per heavy atom. The molecule has 0 spiro atoms. The molecule has 0 radical (unpaired) electrons. The lowest BCUT2D eigenvalue weighted by Gasteiger charge is -2.12. The fraction of sp³-hybridized carbons (Fsp3) is 0.667. The number of hydrogen-bond acceptors (Lipinski definition) is 5. The molecule has 1 atom stereocenters. The van der Waals surface area contributed by atoms with Gasteiger partial charge in [0.05, 0.1) is 0 Å². The number of aliphatic carboxylic acids is 1. The van der Waals surface area contributed by atoms with Crippen LogP contribution in [0.4, 0.5) is 0 Å². The molecule has 1 unspecified atom stereocenters. The van der Waals surface area contributed by atoms with Crippen LogP contribution in [0.3, 0.4) is 0 Å². The molecule has 0 aromatic rings. The zero-order valence-electron chi connectivity index (χ0n) is 6.96. The highest BCUT2D eigenvalue weighted by Crippen LogP contribution is 2.56. The van der Waals surface area contributed by atoms with Crippen LogP contribution in [0.2, 0.25) is 0 Å². The highest BCUT2D eigenvalue weighted by molar-refractivity contribution is 8.57. The van der Waals surface area contributed by atoms with Crippen LogP contribution in [0.5, 0.6) is 0 Å². The average Bonchev–Trinajstić information content (AvgIpc) is 1.93. The Hall–Kier alpha value is 0.470. The third kappa shape index (κ3) is 9.40. The first-order chi connectivity index (χ1) is 6.51. The standard InChI is InChI=1S/C3H8O8P2S2/c4-3(5)2(15-13(9,10)11)1-14-12(6,7)8/h2H,1H2,(H,4,5)(H2,6,7,8)(H2,9,10,11). The minimum absolute atomic E-state index is 0.0324. The molecule has 8 nitrogen and oxygen atoms in total. The predicted octanol–water partition coefficient (Wildman–Crippen LogP) is 0.0914. The maximum atomic E-state index is 10.5. The van der Waals surface area contributed by atoms with Gasteiger partial charge in [-0.05, 0) is 22.8 Å². The van der Waals surface area contributed by atoms with Gasteiger partial charge in [0.1, 0.15) is 5.25 Å². The van der Waals surface area contributed by atoms with Gasteiger partial charge in [0, 0.05) is 5.75 Å². The summed E-state index contributed by atoms with van der Waals surface area (Å²) in [6.45, 7) is -9.03. The molecule has 0 aromatic carbocycles. The quantitative estimate of drug-likeness (QED) is 0.426. The molecule has 12 heteroatoms. The summed E-state index contributed by atoms with van der Waals surface area (Å²) in [6, 6.07) is 0. The van der Waals surface area contributed by atoms with E-state index in [0.29, 0.717) is 0 Å². The summed E-state index contributed by atoms with van der Waals surface area (Å²) in [4.78, 5) is 44.3. The fourth-order valence-electron chi connectivity index (χ4n) is 0.477. The second-order valence-electron chi connectivity index (χ2n) is 2.21. The van der Waals surface area contributed by atoms with Gasteiger partial charge in [-0.2, -0.15) is 0 Å². The van der Waals surface area contributed by atoms with Gasteiger partial charge in [0.2, 0.25) is 0 Å². The van der Waals surface area contributed by atoms with Gasteiger partial charge in [-0.15, -0.1) is 0 Å². The molecule has 0 aliphatic carbocycles. The first-order valence-electron chi connectivity index (χ1n) is 3.18. The molecule has 0 heterocycles. The van der Waals surface area contributed by atoms with Crippen LogP contribution in [0, 0.1) is 0 Å². The molecule has 0 saturated heterocycles. The van der Waals surface area contributed by atoms with E-state index in [2.05, 4.69) is 0 Å². The highest BCUT2D eigenvalue weighted by atomic mass is 32.7. The van der Waals surface area contributed by atoms with Crippen LogP contribution < -0.4 is 0 Å². The lowest BCUT2D eigenvalue weighted by molar-refractivity contribution is -0.135. The van der Waals surface area contributed by atoms with Gasteiger partial charge >= 0.3 is 19.6 Å². The Morgan fingerprint density at radius 1 is 1.13 bits per heavy atom. The molecule has 15 heavy (non-hydrogen) atoms. The van der Waals surface area contributed by atoms with Gasteiger partial charge in [0.15, 0.2) is 0 Å². The molecular formula is C3H8O8P2S2. The van der Waals surface area contributed by atoms with Crippen molar-refractivity contribution >= 4 is 42.3 Å². The number of rotatable bonds is 6. The van der Waals surface area contributed by atoms with Crippen molar-refractivity contribution in [2.24, 2.45) is 0 Å². The van der Waals surface area contributed by atoms with E-state index in [-0.39, 0.29) is 22.8 Å². The van der Waals surface area contributed by atoms with Crippen molar-refractivity contribution in [2.75, 3.05) is 5.75 Å². The topological polar surface area (TPSA) is 152 Å². The smallest absolute Gasteiger partial charge is 0.384 e. The summed E-state index contributed by atoms with van der Waals surface area (Å²) < 4.78 is 20.8. The van der Waals surface area contributed by atoms with E-state index < -0.39 is 30.6 Å². The molecule has 0 aliphatic heterocycles. The summed E-state index contributed by atoms with van der Waals surface area (Å²) >= 11 is -0.114. The zero-order chi connectivity index (χ0) is 12.3. The molecule has 90 valence electrons. The van der Waals surface area contributed by atoms with Gasteiger partial charge in [-0.25, -0.2) is 9.13 Å². The SMILES string of the molecule is O=C(O)C(CSP(=O)(O)O)SP(=O)(O)O. The first kappa shape index (κ1) is 15.5. The number of carboxylic acid groups (broad SMARTS) is 1. The summed E-state index contributed by atoms with van der Waals surface area (Å²) in [5.74, 6) is -2.13. The van der Waals surface area contributed by atoms with Crippen molar-refractivity contribution in [3.05, 3.63) is 0 Å². The summed E-state index contributed by atoms with van der Waals surface area (Å²) in [5.41, 5.74) is 0. The van der Waals surface area contributed by atoms with Crippen molar-refractivity contribution in [1.82, 2.24) is 0 Å². The van der Waals surface area contributed by atoms with Gasteiger partial charge < -0.3 is 24.7 Å². The minimum atomic E-state index is -4.59. The first-order valence-corrected chi connectivity index (χ1v) is 9.48. The molecule has 0 aliphatic rings. The molecule has 0 fully saturated rings. The number of carbonyl (C=O) groups is 1. The van der Waals surface area contributed by atoms with E-state index >= 15 is 0 Å². The lowest BCUT2D eigenvalue weighted by atomic mass is 10.5. The van der Waals surface area contributed by atoms with E-state index in [0.717, 1.165) is 0 Å². The van der Waals surface area contributed by atoms with Crippen molar-refractivity contribution in [3.8, 4) is 0 Å². The average molecular weight is 298 g/mol. The Kier molecular flexibility index (Phi) is 5.87. The summed E-state index contributed by atoms with van der Waals surface area (Å²) in [5, 5.41) is 6.94. The largest absolute Gasteiger partial charge is 0.480 e. The van der Waals surface area contributed by atoms with Crippen molar-refractivity contribution < 1.29 is 38.6 Å². The fourth-order valence-corrected chi connectivity index (χ4v) is 4.96. The summed E-state index contributed by atoms with van der Waals surface area (Å²) in [6.07, 6.45) is 0. The molecule has 5 N–H and O–H groups in total. The van der Waals surface area contributed by atoms with E-state index in [1.165, 1.54) is 0 Å². The van der Waals surface area contributed by atoms with Crippen LogP contribution in [0.1, 0.15) is 0 Å². The van der Waals surface area contributed by atoms with E-state index in [4.69, 9.17) is 24.7 Å². The van der Waals surface area contributed by atoms with Crippen LogP contribution in [0.15, 0.2) is 0 Å². The van der Waals surface area contributed by atoms with Crippen LogP contribution in [-0.2, 0) is 13.9 Å². The zero-order valence-corrected chi connectivity index (χ0v) is 10.4. The predicted molar refractivity (Wildman–Crippen MR) is 55.6 cm³/mol. The van der Waals surface area contributed by atoms with Crippen molar-refractivity contribution in [3.63, 3.8) is 0 Å². The Morgan fingerprint density at radius 2 is 1.60 bits per heavy atom. The molecule has 0 saturated carbocycles. The minimum Gasteiger partial charge on any atom is -0.480 e. The lowest BCUT2D eigenvalue weighted by Crippen LogP contribution is -2.18. The third-order valence-electron chi connectivity index (χ3n) is 0.934.